The van der Waals surface area contributed by atoms with E-state index < -0.39 is 9.84 Å². The molecule has 1 fully saturated rings. The molecule has 0 unspecified atom stereocenters. The number of hydrogen-bond acceptors (Lipinski definition) is 3. The van der Waals surface area contributed by atoms with E-state index in [9.17, 15) is 8.42 Å². The molecule has 1 heterocycles. The monoisotopic (exact) mass is 215 g/mol. The first-order valence-electron chi connectivity index (χ1n) is 4.74. The molecule has 3 nitrogen and oxygen atoms in total. The fraction of sp³-hybridized carbons (Fsp3) is 0.800. The summed E-state index contributed by atoms with van der Waals surface area (Å²) in [5.41, 5.74) is -0.343. The molecule has 0 aromatic rings. The molecule has 0 N–H and O–H groups in total. The van der Waals surface area contributed by atoms with E-state index in [-0.39, 0.29) is 16.5 Å². The van der Waals surface area contributed by atoms with Gasteiger partial charge in [-0.15, -0.1) is 6.42 Å². The second-order valence-electron chi connectivity index (χ2n) is 4.33. The SMILES string of the molecule is C#CC(C)(C)N1CCS(=O)(=O)[C@@H](C)C1. The highest BCUT2D eigenvalue weighted by atomic mass is 32.2. The zero-order chi connectivity index (χ0) is 11.0. The van der Waals surface area contributed by atoms with Gasteiger partial charge in [-0.25, -0.2) is 8.42 Å². The van der Waals surface area contributed by atoms with Gasteiger partial charge in [-0.1, -0.05) is 5.92 Å². The molecule has 0 aromatic heterocycles. The van der Waals surface area contributed by atoms with Crippen molar-refractivity contribution in [1.29, 1.82) is 0 Å². The van der Waals surface area contributed by atoms with Gasteiger partial charge in [0.1, 0.15) is 0 Å². The highest BCUT2D eigenvalue weighted by Crippen LogP contribution is 2.20. The van der Waals surface area contributed by atoms with Gasteiger partial charge in [0, 0.05) is 13.1 Å². The van der Waals surface area contributed by atoms with Crippen molar-refractivity contribution < 1.29 is 8.42 Å². The molecule has 0 radical (unpaired) electrons. The molecule has 0 spiro atoms. The fourth-order valence-corrected chi connectivity index (χ4v) is 2.84. The minimum atomic E-state index is -2.87. The molecule has 1 rings (SSSR count). The minimum Gasteiger partial charge on any atom is -0.285 e. The third-order valence-corrected chi connectivity index (χ3v) is 5.01. The van der Waals surface area contributed by atoms with E-state index in [1.54, 1.807) is 6.92 Å². The van der Waals surface area contributed by atoms with E-state index >= 15 is 0 Å². The summed E-state index contributed by atoms with van der Waals surface area (Å²) in [5, 5.41) is -0.302. The van der Waals surface area contributed by atoms with Crippen molar-refractivity contribution in [2.75, 3.05) is 18.8 Å². The Morgan fingerprint density at radius 1 is 1.50 bits per heavy atom. The lowest BCUT2D eigenvalue weighted by Gasteiger charge is -2.39. The zero-order valence-electron chi connectivity index (χ0n) is 8.95. The van der Waals surface area contributed by atoms with Crippen LogP contribution in [0.4, 0.5) is 0 Å². The number of terminal acetylenes is 1. The Kier molecular flexibility index (Phi) is 2.93. The Morgan fingerprint density at radius 3 is 2.50 bits per heavy atom. The molecule has 4 heteroatoms. The lowest BCUT2D eigenvalue weighted by Crippen LogP contribution is -2.53. The maximum absolute atomic E-state index is 11.5. The Hall–Kier alpha value is -0.530. The van der Waals surface area contributed by atoms with Crippen molar-refractivity contribution in [3.05, 3.63) is 0 Å². The van der Waals surface area contributed by atoms with Crippen LogP contribution < -0.4 is 0 Å². The van der Waals surface area contributed by atoms with Crippen LogP contribution in [0.5, 0.6) is 0 Å². The standard InChI is InChI=1S/C10H17NO2S/c1-5-10(3,4)11-6-7-14(12,13)9(2)8-11/h1,9H,6-8H2,2-4H3/t9-/m0/s1. The van der Waals surface area contributed by atoms with Crippen LogP contribution in [0.1, 0.15) is 20.8 Å². The molecule has 80 valence electrons. The average Bonchev–Trinajstić information content (AvgIpc) is 2.09. The summed E-state index contributed by atoms with van der Waals surface area (Å²) in [6, 6.07) is 0. The molecule has 0 bridgehead atoms. The summed E-state index contributed by atoms with van der Waals surface area (Å²) in [5.74, 6) is 2.91. The summed E-state index contributed by atoms with van der Waals surface area (Å²) in [6.07, 6.45) is 5.41. The van der Waals surface area contributed by atoms with Crippen LogP contribution in [0.15, 0.2) is 0 Å². The molecular weight excluding hydrogens is 198 g/mol. The third-order valence-electron chi connectivity index (χ3n) is 2.88. The minimum absolute atomic E-state index is 0.222. The van der Waals surface area contributed by atoms with Gasteiger partial charge < -0.3 is 0 Å². The van der Waals surface area contributed by atoms with Gasteiger partial charge in [0.05, 0.1) is 16.5 Å². The Bertz CT molecular complexity index is 351. The topological polar surface area (TPSA) is 37.4 Å². The van der Waals surface area contributed by atoms with Crippen LogP contribution in [0, 0.1) is 12.3 Å². The van der Waals surface area contributed by atoms with Crippen molar-refractivity contribution in [2.24, 2.45) is 0 Å². The number of nitrogens with zero attached hydrogens (tertiary/aromatic N) is 1. The summed E-state index contributed by atoms with van der Waals surface area (Å²) < 4.78 is 22.9. The van der Waals surface area contributed by atoms with E-state index in [0.29, 0.717) is 13.1 Å². The van der Waals surface area contributed by atoms with E-state index in [1.165, 1.54) is 0 Å². The lowest BCUT2D eigenvalue weighted by molar-refractivity contribution is 0.174. The van der Waals surface area contributed by atoms with Gasteiger partial charge in [0.15, 0.2) is 9.84 Å². The van der Waals surface area contributed by atoms with Gasteiger partial charge >= 0.3 is 0 Å². The van der Waals surface area contributed by atoms with E-state index in [0.717, 1.165) is 0 Å². The van der Waals surface area contributed by atoms with Gasteiger partial charge in [0.25, 0.3) is 0 Å². The van der Waals surface area contributed by atoms with Crippen LogP contribution in [0.2, 0.25) is 0 Å². The second kappa shape index (κ2) is 3.56. The molecule has 14 heavy (non-hydrogen) atoms. The quantitative estimate of drug-likeness (QED) is 0.598. The number of rotatable bonds is 1. The van der Waals surface area contributed by atoms with Gasteiger partial charge in [-0.3, -0.25) is 4.90 Å². The van der Waals surface area contributed by atoms with Gasteiger partial charge in [-0.2, -0.15) is 0 Å². The van der Waals surface area contributed by atoms with Crippen molar-refractivity contribution in [1.82, 2.24) is 4.90 Å². The summed E-state index contributed by atoms with van der Waals surface area (Å²) in [7, 11) is -2.87. The van der Waals surface area contributed by atoms with E-state index in [4.69, 9.17) is 6.42 Å². The molecular formula is C10H17NO2S. The molecule has 1 saturated heterocycles. The summed E-state index contributed by atoms with van der Waals surface area (Å²) >= 11 is 0. The first-order valence-corrected chi connectivity index (χ1v) is 6.45. The second-order valence-corrected chi connectivity index (χ2v) is 6.87. The largest absolute Gasteiger partial charge is 0.285 e. The molecule has 1 aliphatic heterocycles. The Morgan fingerprint density at radius 2 is 2.07 bits per heavy atom. The maximum atomic E-state index is 11.5. The molecule has 0 amide bonds. The van der Waals surface area contributed by atoms with E-state index in [1.807, 2.05) is 13.8 Å². The van der Waals surface area contributed by atoms with Gasteiger partial charge in [0.2, 0.25) is 0 Å². The van der Waals surface area contributed by atoms with Crippen LogP contribution in [0.3, 0.4) is 0 Å². The van der Waals surface area contributed by atoms with Crippen molar-refractivity contribution in [2.45, 2.75) is 31.6 Å². The van der Waals surface area contributed by atoms with Crippen LogP contribution in [-0.2, 0) is 9.84 Å². The van der Waals surface area contributed by atoms with Crippen LogP contribution in [-0.4, -0.2) is 42.9 Å². The Balaban J connectivity index is 2.80. The summed E-state index contributed by atoms with van der Waals surface area (Å²) in [4.78, 5) is 2.05. The predicted molar refractivity (Wildman–Crippen MR) is 57.7 cm³/mol. The zero-order valence-corrected chi connectivity index (χ0v) is 9.76. The first-order chi connectivity index (χ1) is 6.29. The van der Waals surface area contributed by atoms with Crippen molar-refractivity contribution in [3.8, 4) is 12.3 Å². The maximum Gasteiger partial charge on any atom is 0.155 e. The third kappa shape index (κ3) is 2.10. The Labute approximate surface area is 86.4 Å². The fourth-order valence-electron chi connectivity index (χ4n) is 1.55. The highest BCUT2D eigenvalue weighted by molar-refractivity contribution is 7.92. The smallest absolute Gasteiger partial charge is 0.155 e. The predicted octanol–water partition coefficient (Wildman–Crippen LogP) is 0.517. The normalized spacial score (nSPS) is 28.3. The first kappa shape index (κ1) is 11.5. The molecule has 1 aliphatic rings. The molecule has 0 aromatic carbocycles. The van der Waals surface area contributed by atoms with Crippen LogP contribution in [0.25, 0.3) is 0 Å². The lowest BCUT2D eigenvalue weighted by atomic mass is 10.0. The summed E-state index contributed by atoms with van der Waals surface area (Å²) in [6.45, 7) is 6.72. The molecule has 1 atom stereocenters. The van der Waals surface area contributed by atoms with Crippen molar-refractivity contribution >= 4 is 9.84 Å². The van der Waals surface area contributed by atoms with Gasteiger partial charge in [-0.05, 0) is 20.8 Å². The van der Waals surface area contributed by atoms with Crippen molar-refractivity contribution in [3.63, 3.8) is 0 Å². The number of hydrogen-bond donors (Lipinski definition) is 0. The number of sulfone groups is 1. The average molecular weight is 215 g/mol. The highest BCUT2D eigenvalue weighted by Gasteiger charge is 2.35. The van der Waals surface area contributed by atoms with Crippen LogP contribution >= 0.6 is 0 Å². The molecule has 0 saturated carbocycles. The molecule has 0 aliphatic carbocycles. The van der Waals surface area contributed by atoms with E-state index in [2.05, 4.69) is 10.8 Å².